The van der Waals surface area contributed by atoms with Crippen LogP contribution in [0.2, 0.25) is 0 Å². The summed E-state index contributed by atoms with van der Waals surface area (Å²) >= 11 is 0. The van der Waals surface area contributed by atoms with Gasteiger partial charge in [-0.25, -0.2) is 4.39 Å². The van der Waals surface area contributed by atoms with Crippen LogP contribution in [0.5, 0.6) is 0 Å². The summed E-state index contributed by atoms with van der Waals surface area (Å²) in [5.74, 6) is -0.0806. The zero-order valence-electron chi connectivity index (χ0n) is 9.72. The van der Waals surface area contributed by atoms with E-state index in [0.717, 1.165) is 31.2 Å². The number of benzene rings is 1. The van der Waals surface area contributed by atoms with Gasteiger partial charge in [-0.15, -0.1) is 0 Å². The Morgan fingerprint density at radius 3 is 2.47 bits per heavy atom. The third kappa shape index (κ3) is 4.03. The number of hydrogen-bond acceptors (Lipinski definition) is 0. The van der Waals surface area contributed by atoms with Gasteiger partial charge in [-0.3, -0.25) is 0 Å². The van der Waals surface area contributed by atoms with Crippen molar-refractivity contribution in [2.24, 2.45) is 5.41 Å². The van der Waals surface area contributed by atoms with Crippen molar-refractivity contribution >= 4 is 0 Å². The fraction of sp³-hybridized carbons (Fsp3) is 0.500. The van der Waals surface area contributed by atoms with Crippen LogP contribution in [0, 0.1) is 18.2 Å². The van der Waals surface area contributed by atoms with E-state index >= 15 is 0 Å². The molecule has 0 spiro atoms. The molecule has 0 atom stereocenters. The lowest BCUT2D eigenvalue weighted by atomic mass is 9.82. The molecule has 0 aliphatic rings. The summed E-state index contributed by atoms with van der Waals surface area (Å²) in [7, 11) is 0. The molecule has 0 aliphatic heterocycles. The van der Waals surface area contributed by atoms with Crippen LogP contribution in [-0.4, -0.2) is 0 Å². The average molecular weight is 207 g/mol. The van der Waals surface area contributed by atoms with Crippen LogP contribution in [0.15, 0.2) is 24.3 Å². The summed E-state index contributed by atoms with van der Waals surface area (Å²) in [5, 5.41) is 0. The Kier molecular flexibility index (Phi) is 4.31. The Labute approximate surface area is 92.5 Å². The van der Waals surface area contributed by atoms with Gasteiger partial charge in [0.1, 0.15) is 5.82 Å². The highest BCUT2D eigenvalue weighted by Gasteiger charge is 2.16. The van der Waals surface area contributed by atoms with Crippen molar-refractivity contribution < 1.29 is 4.39 Å². The van der Waals surface area contributed by atoms with Crippen molar-refractivity contribution in [2.75, 3.05) is 0 Å². The third-order valence-corrected chi connectivity index (χ3v) is 2.88. The van der Waals surface area contributed by atoms with Gasteiger partial charge in [0, 0.05) is 0 Å². The highest BCUT2D eigenvalue weighted by Crippen LogP contribution is 2.28. The smallest absolute Gasteiger partial charge is 0.126 e. The minimum Gasteiger partial charge on any atom is -0.207 e. The third-order valence-electron chi connectivity index (χ3n) is 2.88. The van der Waals surface area contributed by atoms with E-state index in [1.54, 1.807) is 6.07 Å². The first-order chi connectivity index (χ1) is 7.05. The molecule has 1 aromatic rings. The molecule has 0 nitrogen and oxygen atoms in total. The Balaban J connectivity index is 2.53. The first kappa shape index (κ1) is 12.2. The van der Waals surface area contributed by atoms with E-state index in [4.69, 9.17) is 0 Å². The molecule has 0 amide bonds. The largest absolute Gasteiger partial charge is 0.207 e. The van der Waals surface area contributed by atoms with E-state index in [1.807, 2.05) is 12.1 Å². The second-order valence-electron chi connectivity index (χ2n) is 4.86. The highest BCUT2D eigenvalue weighted by atomic mass is 19.1. The van der Waals surface area contributed by atoms with Gasteiger partial charge < -0.3 is 0 Å². The van der Waals surface area contributed by atoms with Crippen molar-refractivity contribution in [1.29, 1.82) is 0 Å². The van der Waals surface area contributed by atoms with Gasteiger partial charge in [0.15, 0.2) is 0 Å². The second kappa shape index (κ2) is 5.29. The van der Waals surface area contributed by atoms with Crippen LogP contribution in [0.1, 0.15) is 38.7 Å². The van der Waals surface area contributed by atoms with Crippen LogP contribution in [0.25, 0.3) is 0 Å². The molecule has 0 aliphatic carbocycles. The van der Waals surface area contributed by atoms with Gasteiger partial charge in [0.2, 0.25) is 0 Å². The standard InChI is InChI=1S/C14H20F/c1-4-10-14(2,3)11-9-12-7-5-6-8-13(12)15/h5-8H,1,4,9-11H2,2-3H3. The van der Waals surface area contributed by atoms with Crippen molar-refractivity contribution in [3.8, 4) is 0 Å². The number of rotatable bonds is 5. The zero-order valence-corrected chi connectivity index (χ0v) is 9.72. The molecule has 15 heavy (non-hydrogen) atoms. The summed E-state index contributed by atoms with van der Waals surface area (Å²) < 4.78 is 13.3. The molecule has 0 N–H and O–H groups in total. The lowest BCUT2D eigenvalue weighted by molar-refractivity contribution is 0.308. The molecular weight excluding hydrogens is 187 g/mol. The summed E-state index contributed by atoms with van der Waals surface area (Å²) in [6.45, 7) is 8.31. The molecule has 0 bridgehead atoms. The van der Waals surface area contributed by atoms with Crippen molar-refractivity contribution in [2.45, 2.75) is 39.5 Å². The van der Waals surface area contributed by atoms with Gasteiger partial charge in [-0.1, -0.05) is 45.4 Å². The Morgan fingerprint density at radius 2 is 1.87 bits per heavy atom. The first-order valence-corrected chi connectivity index (χ1v) is 5.58. The van der Waals surface area contributed by atoms with Crippen molar-refractivity contribution in [3.63, 3.8) is 0 Å². The van der Waals surface area contributed by atoms with E-state index in [0.29, 0.717) is 0 Å². The SMILES string of the molecule is [CH2]CCC(C)(C)CCc1ccccc1F. The number of hydrogen-bond donors (Lipinski definition) is 0. The zero-order chi connectivity index (χ0) is 11.3. The molecule has 0 saturated heterocycles. The maximum Gasteiger partial charge on any atom is 0.126 e. The van der Waals surface area contributed by atoms with E-state index in [2.05, 4.69) is 20.8 Å². The van der Waals surface area contributed by atoms with E-state index in [1.165, 1.54) is 6.07 Å². The van der Waals surface area contributed by atoms with E-state index in [-0.39, 0.29) is 11.2 Å². The first-order valence-electron chi connectivity index (χ1n) is 5.58. The molecule has 0 heterocycles. The molecule has 1 heteroatoms. The fourth-order valence-electron chi connectivity index (χ4n) is 1.78. The molecule has 1 radical (unpaired) electrons. The summed E-state index contributed by atoms with van der Waals surface area (Å²) in [5.41, 5.74) is 1.10. The minimum atomic E-state index is -0.0806. The monoisotopic (exact) mass is 207 g/mol. The molecule has 0 saturated carbocycles. The maximum absolute atomic E-state index is 13.3. The number of aryl methyl sites for hydroxylation is 1. The topological polar surface area (TPSA) is 0 Å². The number of halogens is 1. The summed E-state index contributed by atoms with van der Waals surface area (Å²) in [6.07, 6.45) is 3.88. The molecule has 1 rings (SSSR count). The van der Waals surface area contributed by atoms with Gasteiger partial charge in [0.05, 0.1) is 0 Å². The molecule has 0 fully saturated rings. The van der Waals surface area contributed by atoms with Gasteiger partial charge in [-0.05, 0) is 36.3 Å². The van der Waals surface area contributed by atoms with Gasteiger partial charge >= 0.3 is 0 Å². The second-order valence-corrected chi connectivity index (χ2v) is 4.86. The van der Waals surface area contributed by atoms with E-state index < -0.39 is 0 Å². The van der Waals surface area contributed by atoms with Crippen LogP contribution in [0.3, 0.4) is 0 Å². The van der Waals surface area contributed by atoms with Gasteiger partial charge in [-0.2, -0.15) is 0 Å². The Bertz CT molecular complexity index is 302. The maximum atomic E-state index is 13.3. The Hall–Kier alpha value is -0.850. The molecule has 83 valence electrons. The predicted octanol–water partition coefficient (Wildman–Crippen LogP) is 4.40. The van der Waals surface area contributed by atoms with Crippen LogP contribution in [0.4, 0.5) is 4.39 Å². The summed E-state index contributed by atoms with van der Waals surface area (Å²) in [4.78, 5) is 0. The Morgan fingerprint density at radius 1 is 1.20 bits per heavy atom. The fourth-order valence-corrected chi connectivity index (χ4v) is 1.78. The van der Waals surface area contributed by atoms with E-state index in [9.17, 15) is 4.39 Å². The lowest BCUT2D eigenvalue weighted by Gasteiger charge is -2.23. The van der Waals surface area contributed by atoms with Gasteiger partial charge in [0.25, 0.3) is 0 Å². The van der Waals surface area contributed by atoms with Crippen LogP contribution < -0.4 is 0 Å². The van der Waals surface area contributed by atoms with Crippen LogP contribution >= 0.6 is 0 Å². The average Bonchev–Trinajstić information content (AvgIpc) is 2.16. The molecular formula is C14H20F. The van der Waals surface area contributed by atoms with Crippen molar-refractivity contribution in [3.05, 3.63) is 42.6 Å². The summed E-state index contributed by atoms with van der Waals surface area (Å²) in [6, 6.07) is 7.03. The van der Waals surface area contributed by atoms with Crippen LogP contribution in [-0.2, 0) is 6.42 Å². The van der Waals surface area contributed by atoms with Crippen molar-refractivity contribution in [1.82, 2.24) is 0 Å². The highest BCUT2D eigenvalue weighted by molar-refractivity contribution is 5.17. The quantitative estimate of drug-likeness (QED) is 0.671. The normalized spacial score (nSPS) is 11.7. The molecule has 1 aromatic carbocycles. The molecule has 0 unspecified atom stereocenters. The lowest BCUT2D eigenvalue weighted by Crippen LogP contribution is -2.12. The minimum absolute atomic E-state index is 0.0806. The predicted molar refractivity (Wildman–Crippen MR) is 63.1 cm³/mol. The molecule has 0 aromatic heterocycles.